The molecule has 0 aliphatic carbocycles. The van der Waals surface area contributed by atoms with Crippen LogP contribution in [0, 0.1) is 5.92 Å². The minimum absolute atomic E-state index is 0.0464. The number of rotatable bonds is 2. The van der Waals surface area contributed by atoms with Crippen LogP contribution in [0.3, 0.4) is 0 Å². The normalized spacial score (nSPS) is 23.6. The van der Waals surface area contributed by atoms with Crippen LogP contribution >= 0.6 is 0 Å². The Morgan fingerprint density at radius 3 is 3.00 bits per heavy atom. The highest BCUT2D eigenvalue weighted by Crippen LogP contribution is 2.24. The van der Waals surface area contributed by atoms with E-state index in [0.717, 1.165) is 6.42 Å². The minimum atomic E-state index is -0.507. The van der Waals surface area contributed by atoms with Crippen LogP contribution in [0.25, 0.3) is 11.1 Å². The van der Waals surface area contributed by atoms with Gasteiger partial charge in [0.15, 0.2) is 11.4 Å². The van der Waals surface area contributed by atoms with Gasteiger partial charge in [-0.2, -0.15) is 0 Å². The van der Waals surface area contributed by atoms with Gasteiger partial charge < -0.3 is 9.15 Å². The Morgan fingerprint density at radius 1 is 1.44 bits per heavy atom. The molecule has 1 aliphatic rings. The molecule has 0 saturated carbocycles. The lowest BCUT2D eigenvalue weighted by molar-refractivity contribution is 0.0877. The lowest BCUT2D eigenvalue weighted by Crippen LogP contribution is -2.14. The summed E-state index contributed by atoms with van der Waals surface area (Å²) in [6, 6.07) is 5.00. The Morgan fingerprint density at radius 2 is 2.28 bits per heavy atom. The maximum Gasteiger partial charge on any atom is 0.417 e. The third-order valence-corrected chi connectivity index (χ3v) is 3.27. The number of aromatic nitrogens is 1. The molecule has 2 heterocycles. The number of fused-ring (bicyclic) bond motifs is 1. The van der Waals surface area contributed by atoms with Crippen molar-refractivity contribution in [3.05, 3.63) is 34.3 Å². The molecule has 0 bridgehead atoms. The number of hydrogen-bond donors (Lipinski definition) is 1. The van der Waals surface area contributed by atoms with Gasteiger partial charge in [-0.05, 0) is 31.5 Å². The molecule has 1 aliphatic heterocycles. The zero-order valence-corrected chi connectivity index (χ0v) is 9.93. The first-order chi connectivity index (χ1) is 8.63. The van der Waals surface area contributed by atoms with Gasteiger partial charge in [0.25, 0.3) is 0 Å². The Kier molecular flexibility index (Phi) is 2.56. The van der Waals surface area contributed by atoms with Crippen molar-refractivity contribution in [2.45, 2.75) is 19.4 Å². The standard InChI is InChI=1S/C13H13NO4/c1-7-4-9(6-17-7)12(15)8-2-3-10-11(5-8)18-13(16)14-10/h2-3,5,7,9H,4,6H2,1H3,(H,14,16). The molecule has 0 amide bonds. The van der Waals surface area contributed by atoms with Crippen molar-refractivity contribution in [3.8, 4) is 0 Å². The third kappa shape index (κ3) is 1.86. The van der Waals surface area contributed by atoms with Crippen molar-refractivity contribution in [2.75, 3.05) is 6.61 Å². The molecule has 94 valence electrons. The van der Waals surface area contributed by atoms with Crippen LogP contribution < -0.4 is 5.76 Å². The van der Waals surface area contributed by atoms with Gasteiger partial charge in [0, 0.05) is 11.5 Å². The van der Waals surface area contributed by atoms with Gasteiger partial charge in [-0.3, -0.25) is 9.78 Å². The van der Waals surface area contributed by atoms with Gasteiger partial charge in [0.1, 0.15) is 0 Å². The maximum atomic E-state index is 12.2. The molecule has 2 atom stereocenters. The summed E-state index contributed by atoms with van der Waals surface area (Å²) in [7, 11) is 0. The number of benzene rings is 1. The smallest absolute Gasteiger partial charge is 0.408 e. The van der Waals surface area contributed by atoms with Gasteiger partial charge in [0.2, 0.25) is 0 Å². The number of hydrogen-bond acceptors (Lipinski definition) is 4. The SMILES string of the molecule is CC1CC(C(=O)c2ccc3[nH]c(=O)oc3c2)CO1. The number of Topliss-reactive ketones (excluding diaryl/α,β-unsaturated/α-hetero) is 1. The van der Waals surface area contributed by atoms with E-state index in [4.69, 9.17) is 9.15 Å². The molecule has 1 saturated heterocycles. The highest BCUT2D eigenvalue weighted by molar-refractivity contribution is 6.00. The maximum absolute atomic E-state index is 12.2. The average molecular weight is 247 g/mol. The Bertz CT molecular complexity index is 654. The molecule has 2 unspecified atom stereocenters. The van der Waals surface area contributed by atoms with Crippen LogP contribution in [-0.4, -0.2) is 23.5 Å². The van der Waals surface area contributed by atoms with Crippen LogP contribution in [0.1, 0.15) is 23.7 Å². The number of ether oxygens (including phenoxy) is 1. The number of ketones is 1. The monoisotopic (exact) mass is 247 g/mol. The van der Waals surface area contributed by atoms with E-state index in [-0.39, 0.29) is 17.8 Å². The number of oxazole rings is 1. The van der Waals surface area contributed by atoms with E-state index in [1.165, 1.54) is 0 Å². The summed E-state index contributed by atoms with van der Waals surface area (Å²) in [6.45, 7) is 2.43. The molecule has 1 fully saturated rings. The minimum Gasteiger partial charge on any atom is -0.408 e. The number of carbonyl (C=O) groups excluding carboxylic acids is 1. The molecule has 1 aromatic heterocycles. The van der Waals surface area contributed by atoms with Crippen molar-refractivity contribution in [1.29, 1.82) is 0 Å². The molecular formula is C13H13NO4. The van der Waals surface area contributed by atoms with Gasteiger partial charge in [-0.25, -0.2) is 4.79 Å². The molecule has 5 heteroatoms. The summed E-state index contributed by atoms with van der Waals surface area (Å²) < 4.78 is 10.3. The molecule has 1 aromatic carbocycles. The fourth-order valence-corrected chi connectivity index (χ4v) is 2.33. The lowest BCUT2D eigenvalue weighted by Gasteiger charge is -2.06. The van der Waals surface area contributed by atoms with E-state index >= 15 is 0 Å². The molecule has 1 N–H and O–H groups in total. The highest BCUT2D eigenvalue weighted by atomic mass is 16.5. The van der Waals surface area contributed by atoms with Crippen molar-refractivity contribution in [2.24, 2.45) is 5.92 Å². The van der Waals surface area contributed by atoms with Gasteiger partial charge in [-0.1, -0.05) is 0 Å². The molecule has 2 aromatic rings. The third-order valence-electron chi connectivity index (χ3n) is 3.27. The van der Waals surface area contributed by atoms with Crippen molar-refractivity contribution in [3.63, 3.8) is 0 Å². The summed E-state index contributed by atoms with van der Waals surface area (Å²) in [4.78, 5) is 25.8. The molecular weight excluding hydrogens is 234 g/mol. The van der Waals surface area contributed by atoms with Crippen LogP contribution in [0.5, 0.6) is 0 Å². The number of nitrogens with one attached hydrogen (secondary N) is 1. The van der Waals surface area contributed by atoms with E-state index < -0.39 is 5.76 Å². The second-order valence-electron chi connectivity index (χ2n) is 4.67. The van der Waals surface area contributed by atoms with E-state index in [1.54, 1.807) is 18.2 Å². The van der Waals surface area contributed by atoms with Crippen LogP contribution in [0.15, 0.2) is 27.4 Å². The second kappa shape index (κ2) is 4.10. The molecule has 0 spiro atoms. The molecule has 18 heavy (non-hydrogen) atoms. The van der Waals surface area contributed by atoms with Gasteiger partial charge >= 0.3 is 5.76 Å². The summed E-state index contributed by atoms with van der Waals surface area (Å²) >= 11 is 0. The summed E-state index contributed by atoms with van der Waals surface area (Å²) in [5.41, 5.74) is 1.58. The van der Waals surface area contributed by atoms with Crippen LogP contribution in [0.4, 0.5) is 0 Å². The first-order valence-electron chi connectivity index (χ1n) is 5.92. The zero-order valence-electron chi connectivity index (χ0n) is 9.93. The number of carbonyl (C=O) groups is 1. The first kappa shape index (κ1) is 11.2. The number of aromatic amines is 1. The summed E-state index contributed by atoms with van der Waals surface area (Å²) in [5.74, 6) is -0.555. The average Bonchev–Trinajstić information content (AvgIpc) is 2.92. The van der Waals surface area contributed by atoms with E-state index in [1.807, 2.05) is 6.92 Å². The molecule has 3 rings (SSSR count). The Balaban J connectivity index is 1.93. The lowest BCUT2D eigenvalue weighted by atomic mass is 9.95. The van der Waals surface area contributed by atoms with Gasteiger partial charge in [0.05, 0.1) is 18.2 Å². The molecule has 0 radical (unpaired) electrons. The van der Waals surface area contributed by atoms with E-state index in [0.29, 0.717) is 23.3 Å². The fraction of sp³-hybridized carbons (Fsp3) is 0.385. The predicted molar refractivity (Wildman–Crippen MR) is 64.7 cm³/mol. The van der Waals surface area contributed by atoms with Crippen LogP contribution in [-0.2, 0) is 4.74 Å². The van der Waals surface area contributed by atoms with Gasteiger partial charge in [-0.15, -0.1) is 0 Å². The van der Waals surface area contributed by atoms with Crippen LogP contribution in [0.2, 0.25) is 0 Å². The predicted octanol–water partition coefficient (Wildman–Crippen LogP) is 1.73. The largest absolute Gasteiger partial charge is 0.417 e. The van der Waals surface area contributed by atoms with Crippen molar-refractivity contribution < 1.29 is 13.9 Å². The first-order valence-corrected chi connectivity index (χ1v) is 5.92. The van der Waals surface area contributed by atoms with E-state index in [9.17, 15) is 9.59 Å². The highest BCUT2D eigenvalue weighted by Gasteiger charge is 2.29. The summed E-state index contributed by atoms with van der Waals surface area (Å²) in [6.07, 6.45) is 0.876. The quantitative estimate of drug-likeness (QED) is 0.820. The molecule has 5 nitrogen and oxygen atoms in total. The number of H-pyrrole nitrogens is 1. The van der Waals surface area contributed by atoms with Crippen molar-refractivity contribution >= 4 is 16.9 Å². The Labute approximate surface area is 103 Å². The second-order valence-corrected chi connectivity index (χ2v) is 4.67. The van der Waals surface area contributed by atoms with Crippen molar-refractivity contribution in [1.82, 2.24) is 4.98 Å². The Hall–Kier alpha value is -1.88. The fourth-order valence-electron chi connectivity index (χ4n) is 2.33. The summed E-state index contributed by atoms with van der Waals surface area (Å²) in [5, 5.41) is 0. The topological polar surface area (TPSA) is 72.3 Å². The van der Waals surface area contributed by atoms with E-state index in [2.05, 4.69) is 4.98 Å². The zero-order chi connectivity index (χ0) is 12.7.